The molecule has 1 N–H and O–H groups in total. The van der Waals surface area contributed by atoms with Crippen LogP contribution in [0.5, 0.6) is 0 Å². The van der Waals surface area contributed by atoms with Crippen LogP contribution in [0.4, 0.5) is 5.69 Å². The molecule has 3 nitrogen and oxygen atoms in total. The number of hydrogen-bond donors (Lipinski definition) is 1. The number of Topliss-reactive ketones (excluding diaryl/α,β-unsaturated/α-hetero) is 1. The molecule has 0 atom stereocenters. The first-order chi connectivity index (χ1) is 10.1. The molecule has 1 aromatic carbocycles. The van der Waals surface area contributed by atoms with Gasteiger partial charge in [-0.3, -0.25) is 9.59 Å². The molecule has 0 saturated carbocycles. The molecule has 0 aliphatic carbocycles. The smallest absolute Gasteiger partial charge is 0.224 e. The minimum Gasteiger partial charge on any atom is -0.326 e. The van der Waals surface area contributed by atoms with Crippen LogP contribution < -0.4 is 5.32 Å². The number of carbonyl (C=O) groups is 2. The summed E-state index contributed by atoms with van der Waals surface area (Å²) < 4.78 is 0. The van der Waals surface area contributed by atoms with Crippen molar-refractivity contribution in [2.24, 2.45) is 0 Å². The highest BCUT2D eigenvalue weighted by atomic mass is 32.2. The lowest BCUT2D eigenvalue weighted by Crippen LogP contribution is -2.13. The summed E-state index contributed by atoms with van der Waals surface area (Å²) in [6, 6.07) is 11.4. The minimum absolute atomic E-state index is 0.0288. The largest absolute Gasteiger partial charge is 0.326 e. The van der Waals surface area contributed by atoms with E-state index in [2.05, 4.69) is 5.32 Å². The number of aryl methyl sites for hydroxylation is 1. The van der Waals surface area contributed by atoms with Crippen LogP contribution in [0.25, 0.3) is 0 Å². The van der Waals surface area contributed by atoms with Gasteiger partial charge in [0.05, 0.1) is 4.88 Å². The average molecular weight is 319 g/mol. The highest BCUT2D eigenvalue weighted by molar-refractivity contribution is 7.98. The summed E-state index contributed by atoms with van der Waals surface area (Å²) in [7, 11) is 0. The van der Waals surface area contributed by atoms with Crippen LogP contribution in [0.2, 0.25) is 0 Å². The molecule has 5 heteroatoms. The van der Waals surface area contributed by atoms with E-state index in [0.717, 1.165) is 20.3 Å². The van der Waals surface area contributed by atoms with Gasteiger partial charge in [-0.1, -0.05) is 6.07 Å². The highest BCUT2D eigenvalue weighted by Crippen LogP contribution is 2.20. The Labute approximate surface area is 132 Å². The Morgan fingerprint density at radius 2 is 2.00 bits per heavy atom. The molecule has 21 heavy (non-hydrogen) atoms. The average Bonchev–Trinajstić information content (AvgIpc) is 2.91. The van der Waals surface area contributed by atoms with E-state index >= 15 is 0 Å². The van der Waals surface area contributed by atoms with Crippen LogP contribution in [-0.4, -0.2) is 17.9 Å². The highest BCUT2D eigenvalue weighted by Gasteiger charge is 2.11. The van der Waals surface area contributed by atoms with Crippen molar-refractivity contribution < 1.29 is 9.59 Å². The Balaban J connectivity index is 1.85. The maximum absolute atomic E-state index is 11.9. The Kier molecular flexibility index (Phi) is 5.59. The molecule has 2 aromatic rings. The first kappa shape index (κ1) is 15.8. The summed E-state index contributed by atoms with van der Waals surface area (Å²) in [5, 5.41) is 2.83. The molecule has 1 aromatic heterocycles. The molecule has 0 unspecified atom stereocenters. The number of ketones is 1. The van der Waals surface area contributed by atoms with Gasteiger partial charge in [-0.25, -0.2) is 0 Å². The van der Waals surface area contributed by atoms with Crippen molar-refractivity contribution in [2.75, 3.05) is 11.6 Å². The molecule has 2 rings (SSSR count). The Morgan fingerprint density at radius 3 is 2.67 bits per heavy atom. The third kappa shape index (κ3) is 4.72. The summed E-state index contributed by atoms with van der Waals surface area (Å²) in [5.74, 6) is -0.101. The van der Waals surface area contributed by atoms with E-state index in [1.807, 2.05) is 49.6 Å². The zero-order valence-corrected chi connectivity index (χ0v) is 13.6. The number of anilines is 1. The first-order valence-electron chi connectivity index (χ1n) is 6.62. The molecular formula is C16H17NO2S2. The zero-order valence-electron chi connectivity index (χ0n) is 12.0. The predicted octanol–water partition coefficient (Wildman–Crippen LogP) is 4.38. The van der Waals surface area contributed by atoms with Crippen LogP contribution >= 0.6 is 23.1 Å². The van der Waals surface area contributed by atoms with E-state index in [1.54, 1.807) is 11.8 Å². The molecule has 0 radical (unpaired) electrons. The van der Waals surface area contributed by atoms with Gasteiger partial charge in [0, 0.05) is 28.3 Å². The predicted molar refractivity (Wildman–Crippen MR) is 89.5 cm³/mol. The lowest BCUT2D eigenvalue weighted by atomic mass is 10.2. The maximum atomic E-state index is 11.9. The second kappa shape index (κ2) is 7.43. The molecule has 110 valence electrons. The Bertz CT molecular complexity index is 649. The quantitative estimate of drug-likeness (QED) is 0.635. The normalized spacial score (nSPS) is 10.4. The number of nitrogens with one attached hydrogen (secondary N) is 1. The van der Waals surface area contributed by atoms with Gasteiger partial charge in [-0.15, -0.1) is 23.1 Å². The number of carbonyl (C=O) groups excluding carboxylic acids is 2. The van der Waals surface area contributed by atoms with Gasteiger partial charge < -0.3 is 5.32 Å². The zero-order chi connectivity index (χ0) is 15.2. The summed E-state index contributed by atoms with van der Waals surface area (Å²) in [5.41, 5.74) is 0.770. The van der Waals surface area contributed by atoms with Crippen molar-refractivity contribution >= 4 is 40.5 Å². The fraction of sp³-hybridized carbons (Fsp3) is 0.250. The van der Waals surface area contributed by atoms with Crippen LogP contribution in [0.1, 0.15) is 27.4 Å². The minimum atomic E-state index is -0.130. The topological polar surface area (TPSA) is 46.2 Å². The van der Waals surface area contributed by atoms with Crippen LogP contribution in [-0.2, 0) is 4.79 Å². The lowest BCUT2D eigenvalue weighted by molar-refractivity contribution is -0.116. The third-order valence-electron chi connectivity index (χ3n) is 2.95. The molecule has 0 spiro atoms. The SMILES string of the molecule is CSc1cccc(NC(=O)CCC(=O)c2ccc(C)s2)c1. The van der Waals surface area contributed by atoms with Gasteiger partial charge in [0.2, 0.25) is 5.91 Å². The molecule has 0 bridgehead atoms. The van der Waals surface area contributed by atoms with Gasteiger partial charge >= 0.3 is 0 Å². The monoisotopic (exact) mass is 319 g/mol. The van der Waals surface area contributed by atoms with Gasteiger partial charge in [-0.2, -0.15) is 0 Å². The Hall–Kier alpha value is -1.59. The molecule has 1 amide bonds. The Morgan fingerprint density at radius 1 is 1.19 bits per heavy atom. The third-order valence-corrected chi connectivity index (χ3v) is 4.71. The van der Waals surface area contributed by atoms with Gasteiger partial charge in [0.25, 0.3) is 0 Å². The maximum Gasteiger partial charge on any atom is 0.224 e. The summed E-state index contributed by atoms with van der Waals surface area (Å²) in [6.45, 7) is 1.97. The number of thiophene rings is 1. The van der Waals surface area contributed by atoms with Crippen molar-refractivity contribution in [3.8, 4) is 0 Å². The van der Waals surface area contributed by atoms with Crippen molar-refractivity contribution in [1.29, 1.82) is 0 Å². The van der Waals surface area contributed by atoms with Crippen molar-refractivity contribution in [3.63, 3.8) is 0 Å². The number of hydrogen-bond acceptors (Lipinski definition) is 4. The fourth-order valence-corrected chi connectivity index (χ4v) is 3.15. The standard InChI is InChI=1S/C16H17NO2S2/c1-11-6-8-15(21-11)14(18)7-9-16(19)17-12-4-3-5-13(10-12)20-2/h3-6,8,10H,7,9H2,1-2H3,(H,17,19). The van der Waals surface area contributed by atoms with Gasteiger partial charge in [0.1, 0.15) is 0 Å². The van der Waals surface area contributed by atoms with Crippen LogP contribution in [0.3, 0.4) is 0 Å². The fourth-order valence-electron chi connectivity index (χ4n) is 1.86. The van der Waals surface area contributed by atoms with Crippen molar-refractivity contribution in [3.05, 3.63) is 46.2 Å². The number of rotatable bonds is 6. The van der Waals surface area contributed by atoms with E-state index < -0.39 is 0 Å². The number of thioether (sulfide) groups is 1. The van der Waals surface area contributed by atoms with E-state index in [0.29, 0.717) is 0 Å². The van der Waals surface area contributed by atoms with Crippen molar-refractivity contribution in [2.45, 2.75) is 24.7 Å². The summed E-state index contributed by atoms with van der Waals surface area (Å²) in [6.07, 6.45) is 2.44. The van der Waals surface area contributed by atoms with E-state index in [-0.39, 0.29) is 24.5 Å². The number of amides is 1. The lowest BCUT2D eigenvalue weighted by Gasteiger charge is -2.06. The molecule has 0 aliphatic rings. The van der Waals surface area contributed by atoms with Crippen LogP contribution in [0, 0.1) is 6.92 Å². The molecule has 0 aliphatic heterocycles. The molecule has 0 saturated heterocycles. The van der Waals surface area contributed by atoms with Gasteiger partial charge in [0.15, 0.2) is 5.78 Å². The molecule has 1 heterocycles. The first-order valence-corrected chi connectivity index (χ1v) is 8.66. The van der Waals surface area contributed by atoms with E-state index in [9.17, 15) is 9.59 Å². The summed E-state index contributed by atoms with van der Waals surface area (Å²) in [4.78, 5) is 26.8. The van der Waals surface area contributed by atoms with Crippen LogP contribution in [0.15, 0.2) is 41.3 Å². The van der Waals surface area contributed by atoms with Gasteiger partial charge in [-0.05, 0) is 43.5 Å². The molecular weight excluding hydrogens is 302 g/mol. The number of benzene rings is 1. The van der Waals surface area contributed by atoms with Crippen molar-refractivity contribution in [1.82, 2.24) is 0 Å². The van der Waals surface area contributed by atoms with E-state index in [4.69, 9.17) is 0 Å². The van der Waals surface area contributed by atoms with E-state index in [1.165, 1.54) is 11.3 Å². The second-order valence-electron chi connectivity index (χ2n) is 4.61. The summed E-state index contributed by atoms with van der Waals surface area (Å²) >= 11 is 3.10. The second-order valence-corrected chi connectivity index (χ2v) is 6.78. The molecule has 0 fully saturated rings.